The summed E-state index contributed by atoms with van der Waals surface area (Å²) in [4.78, 5) is 14.5. The first-order valence-corrected chi connectivity index (χ1v) is 7.84. The Morgan fingerprint density at radius 3 is 2.58 bits per heavy atom. The minimum absolute atomic E-state index is 0.162. The Morgan fingerprint density at radius 1 is 1.21 bits per heavy atom. The van der Waals surface area contributed by atoms with E-state index in [9.17, 15) is 4.79 Å². The van der Waals surface area contributed by atoms with Gasteiger partial charge in [0.1, 0.15) is 11.5 Å². The number of rotatable bonds is 7. The minimum atomic E-state index is -0.162. The molecule has 0 fully saturated rings. The van der Waals surface area contributed by atoms with E-state index in [2.05, 4.69) is 6.58 Å². The van der Waals surface area contributed by atoms with Crippen molar-refractivity contribution in [2.75, 3.05) is 20.8 Å². The average Bonchev–Trinajstić information content (AvgIpc) is 2.61. The third-order valence-electron chi connectivity index (χ3n) is 3.59. The van der Waals surface area contributed by atoms with E-state index >= 15 is 0 Å². The van der Waals surface area contributed by atoms with E-state index in [1.165, 1.54) is 0 Å². The van der Waals surface area contributed by atoms with Crippen LogP contribution in [0.15, 0.2) is 55.1 Å². The van der Waals surface area contributed by atoms with Crippen LogP contribution in [-0.2, 0) is 6.54 Å². The first kappa shape index (κ1) is 17.9. The van der Waals surface area contributed by atoms with E-state index in [4.69, 9.17) is 21.1 Å². The maximum Gasteiger partial charge on any atom is 0.255 e. The Bertz CT molecular complexity index is 730. The zero-order chi connectivity index (χ0) is 17.5. The first-order chi connectivity index (χ1) is 11.6. The average molecular weight is 346 g/mol. The summed E-state index contributed by atoms with van der Waals surface area (Å²) in [6.07, 6.45) is 1.68. The molecule has 5 heteroatoms. The molecule has 0 aliphatic carbocycles. The molecule has 0 aromatic heterocycles. The molecule has 2 aromatic carbocycles. The molecule has 2 rings (SSSR count). The zero-order valence-electron chi connectivity index (χ0n) is 13.8. The molecule has 0 saturated carbocycles. The number of hydrogen-bond acceptors (Lipinski definition) is 3. The van der Waals surface area contributed by atoms with Crippen LogP contribution in [0.2, 0.25) is 5.02 Å². The van der Waals surface area contributed by atoms with Crippen molar-refractivity contribution in [2.24, 2.45) is 0 Å². The van der Waals surface area contributed by atoms with E-state index < -0.39 is 0 Å². The van der Waals surface area contributed by atoms with Crippen molar-refractivity contribution >= 4 is 17.5 Å². The van der Waals surface area contributed by atoms with Crippen molar-refractivity contribution in [3.8, 4) is 11.5 Å². The molecule has 0 bridgehead atoms. The van der Waals surface area contributed by atoms with Gasteiger partial charge in [-0.3, -0.25) is 4.79 Å². The molecule has 0 saturated heterocycles. The van der Waals surface area contributed by atoms with Crippen LogP contribution in [0.4, 0.5) is 0 Å². The summed E-state index contributed by atoms with van der Waals surface area (Å²) in [5, 5.41) is 0.425. The molecule has 0 atom stereocenters. The Labute approximate surface area is 147 Å². The van der Waals surface area contributed by atoms with E-state index in [-0.39, 0.29) is 5.91 Å². The quantitative estimate of drug-likeness (QED) is 0.706. The molecular weight excluding hydrogens is 326 g/mol. The number of amides is 1. The van der Waals surface area contributed by atoms with Crippen LogP contribution in [0.1, 0.15) is 15.9 Å². The summed E-state index contributed by atoms with van der Waals surface area (Å²) < 4.78 is 10.6. The highest BCUT2D eigenvalue weighted by molar-refractivity contribution is 6.33. The fourth-order valence-electron chi connectivity index (χ4n) is 2.39. The minimum Gasteiger partial charge on any atom is -0.497 e. The van der Waals surface area contributed by atoms with Gasteiger partial charge in [0, 0.05) is 12.1 Å². The van der Waals surface area contributed by atoms with E-state index in [1.807, 2.05) is 18.2 Å². The van der Waals surface area contributed by atoms with Crippen molar-refractivity contribution in [1.82, 2.24) is 4.90 Å². The molecule has 0 aliphatic rings. The maximum atomic E-state index is 12.8. The maximum absolute atomic E-state index is 12.8. The second-order valence-corrected chi connectivity index (χ2v) is 5.54. The van der Waals surface area contributed by atoms with Gasteiger partial charge in [-0.1, -0.05) is 29.8 Å². The van der Waals surface area contributed by atoms with Crippen LogP contribution in [0.3, 0.4) is 0 Å². The number of hydrogen-bond donors (Lipinski definition) is 0. The summed E-state index contributed by atoms with van der Waals surface area (Å²) in [5.41, 5.74) is 1.31. The predicted molar refractivity (Wildman–Crippen MR) is 95.9 cm³/mol. The highest BCUT2D eigenvalue weighted by Crippen LogP contribution is 2.26. The standard InChI is InChI=1S/C19H20ClNO3/c1-4-11-21(19(22)16-7-5-6-8-17(16)20)13-14-12-15(23-2)9-10-18(14)24-3/h4-10,12H,1,11,13H2,2-3H3. The number of ether oxygens (including phenoxy) is 2. The molecule has 0 unspecified atom stereocenters. The first-order valence-electron chi connectivity index (χ1n) is 7.46. The van der Waals surface area contributed by atoms with Crippen LogP contribution in [0, 0.1) is 0 Å². The fraction of sp³-hybridized carbons (Fsp3) is 0.211. The van der Waals surface area contributed by atoms with Crippen molar-refractivity contribution in [2.45, 2.75) is 6.54 Å². The lowest BCUT2D eigenvalue weighted by Crippen LogP contribution is -2.31. The molecule has 24 heavy (non-hydrogen) atoms. The smallest absolute Gasteiger partial charge is 0.255 e. The number of nitrogens with zero attached hydrogens (tertiary/aromatic N) is 1. The topological polar surface area (TPSA) is 38.8 Å². The molecule has 0 radical (unpaired) electrons. The molecule has 4 nitrogen and oxygen atoms in total. The van der Waals surface area contributed by atoms with Crippen molar-refractivity contribution in [3.05, 3.63) is 71.3 Å². The van der Waals surface area contributed by atoms with Crippen molar-refractivity contribution in [3.63, 3.8) is 0 Å². The number of methoxy groups -OCH3 is 2. The van der Waals surface area contributed by atoms with E-state index in [1.54, 1.807) is 49.5 Å². The predicted octanol–water partition coefficient (Wildman–Crippen LogP) is 4.19. The monoisotopic (exact) mass is 345 g/mol. The lowest BCUT2D eigenvalue weighted by molar-refractivity contribution is 0.0761. The van der Waals surface area contributed by atoms with Gasteiger partial charge in [-0.2, -0.15) is 0 Å². The van der Waals surface area contributed by atoms with Gasteiger partial charge in [0.2, 0.25) is 0 Å². The van der Waals surface area contributed by atoms with Crippen LogP contribution < -0.4 is 9.47 Å². The Morgan fingerprint density at radius 2 is 1.96 bits per heavy atom. The zero-order valence-corrected chi connectivity index (χ0v) is 14.5. The van der Waals surface area contributed by atoms with Gasteiger partial charge >= 0.3 is 0 Å². The van der Waals surface area contributed by atoms with Crippen molar-refractivity contribution in [1.29, 1.82) is 0 Å². The molecule has 0 heterocycles. The second kappa shape index (κ2) is 8.41. The highest BCUT2D eigenvalue weighted by Gasteiger charge is 2.19. The second-order valence-electron chi connectivity index (χ2n) is 5.13. The molecular formula is C19H20ClNO3. The molecule has 2 aromatic rings. The number of carbonyl (C=O) groups is 1. The third-order valence-corrected chi connectivity index (χ3v) is 3.92. The van der Waals surface area contributed by atoms with Gasteiger partial charge in [0.25, 0.3) is 5.91 Å². The van der Waals surface area contributed by atoms with Crippen LogP contribution in [0.25, 0.3) is 0 Å². The Balaban J connectivity index is 2.33. The largest absolute Gasteiger partial charge is 0.497 e. The lowest BCUT2D eigenvalue weighted by Gasteiger charge is -2.23. The van der Waals surface area contributed by atoms with Crippen LogP contribution >= 0.6 is 11.6 Å². The molecule has 126 valence electrons. The summed E-state index contributed by atoms with van der Waals surface area (Å²) in [5.74, 6) is 1.23. The van der Waals surface area contributed by atoms with Gasteiger partial charge < -0.3 is 14.4 Å². The highest BCUT2D eigenvalue weighted by atomic mass is 35.5. The third kappa shape index (κ3) is 4.09. The van der Waals surface area contributed by atoms with E-state index in [0.29, 0.717) is 35.2 Å². The Kier molecular flexibility index (Phi) is 6.27. The summed E-state index contributed by atoms with van der Waals surface area (Å²) in [6.45, 7) is 4.48. The fourth-order valence-corrected chi connectivity index (χ4v) is 2.61. The normalized spacial score (nSPS) is 10.1. The molecule has 1 amide bonds. The van der Waals surface area contributed by atoms with E-state index in [0.717, 1.165) is 5.56 Å². The van der Waals surface area contributed by atoms with Crippen LogP contribution in [0.5, 0.6) is 11.5 Å². The summed E-state index contributed by atoms with van der Waals surface area (Å²) in [6, 6.07) is 12.5. The van der Waals surface area contributed by atoms with Crippen LogP contribution in [-0.4, -0.2) is 31.6 Å². The number of carbonyl (C=O) groups excluding carboxylic acids is 1. The Hall–Kier alpha value is -2.46. The SMILES string of the molecule is C=CCN(Cc1cc(OC)ccc1OC)C(=O)c1ccccc1Cl. The van der Waals surface area contributed by atoms with Gasteiger partial charge in [-0.05, 0) is 30.3 Å². The lowest BCUT2D eigenvalue weighted by atomic mass is 10.1. The number of halogens is 1. The van der Waals surface area contributed by atoms with Gasteiger partial charge in [0.05, 0.1) is 31.4 Å². The summed E-state index contributed by atoms with van der Waals surface area (Å²) >= 11 is 6.15. The van der Waals surface area contributed by atoms with Gasteiger partial charge in [0.15, 0.2) is 0 Å². The number of benzene rings is 2. The summed E-state index contributed by atoms with van der Waals surface area (Å²) in [7, 11) is 3.20. The van der Waals surface area contributed by atoms with Crippen molar-refractivity contribution < 1.29 is 14.3 Å². The molecule has 0 aliphatic heterocycles. The van der Waals surface area contributed by atoms with Gasteiger partial charge in [-0.25, -0.2) is 0 Å². The molecule has 0 N–H and O–H groups in total. The van der Waals surface area contributed by atoms with Gasteiger partial charge in [-0.15, -0.1) is 6.58 Å². The molecule has 0 spiro atoms.